The number of thiazole rings is 1. The summed E-state index contributed by atoms with van der Waals surface area (Å²) in [6, 6.07) is -0.368. The van der Waals surface area contributed by atoms with Gasteiger partial charge in [0.1, 0.15) is 0 Å². The van der Waals surface area contributed by atoms with Crippen LogP contribution in [0, 0.1) is 13.8 Å². The van der Waals surface area contributed by atoms with E-state index >= 15 is 0 Å². The summed E-state index contributed by atoms with van der Waals surface area (Å²) >= 11 is 4.58. The number of rotatable bonds is 4. The lowest BCUT2D eigenvalue weighted by Gasteiger charge is -2.13. The Morgan fingerprint density at radius 3 is 2.50 bits per heavy atom. The molecule has 2 rings (SSSR count). The van der Waals surface area contributed by atoms with Crippen LogP contribution in [0.3, 0.4) is 0 Å². The number of nitrogens with one attached hydrogen (secondary N) is 1. The van der Waals surface area contributed by atoms with Gasteiger partial charge in [0.2, 0.25) is 5.03 Å². The van der Waals surface area contributed by atoms with Crippen LogP contribution in [0.25, 0.3) is 0 Å². The van der Waals surface area contributed by atoms with Gasteiger partial charge in [0.05, 0.1) is 16.7 Å². The molecule has 1 N–H and O–H groups in total. The predicted octanol–water partition coefficient (Wildman–Crippen LogP) is 1.69. The third kappa shape index (κ3) is 2.92. The van der Waals surface area contributed by atoms with Crippen molar-refractivity contribution in [2.75, 3.05) is 0 Å². The first kappa shape index (κ1) is 15.5. The number of hydrogen-bond acceptors (Lipinski definition) is 6. The fraction of sp³-hybridized carbons (Fsp3) is 0.500. The summed E-state index contributed by atoms with van der Waals surface area (Å²) in [7, 11) is -2.19. The van der Waals surface area contributed by atoms with Crippen LogP contribution in [0.4, 0.5) is 0 Å². The fourth-order valence-electron chi connectivity index (χ4n) is 1.90. The Morgan fingerprint density at radius 2 is 2.05 bits per heavy atom. The summed E-state index contributed by atoms with van der Waals surface area (Å²) in [5.41, 5.74) is 0.838. The molecule has 0 saturated carbocycles. The molecule has 0 saturated heterocycles. The molecule has 0 radical (unpaired) electrons. The average molecular weight is 380 g/mol. The number of hydrogen-bond donors (Lipinski definition) is 1. The highest BCUT2D eigenvalue weighted by Gasteiger charge is 2.27. The van der Waals surface area contributed by atoms with Gasteiger partial charge in [-0.05, 0) is 36.7 Å². The summed E-state index contributed by atoms with van der Waals surface area (Å²) in [6.45, 7) is 5.55. The molecule has 1 atom stereocenters. The molecule has 0 bridgehead atoms. The molecule has 0 aliphatic rings. The van der Waals surface area contributed by atoms with E-state index in [0.29, 0.717) is 0 Å². The van der Waals surface area contributed by atoms with Crippen molar-refractivity contribution in [2.45, 2.75) is 31.8 Å². The van der Waals surface area contributed by atoms with E-state index in [0.717, 1.165) is 15.6 Å². The highest BCUT2D eigenvalue weighted by molar-refractivity contribution is 9.10. The van der Waals surface area contributed by atoms with Crippen LogP contribution < -0.4 is 4.72 Å². The smallest absolute Gasteiger partial charge is 0.247 e. The summed E-state index contributed by atoms with van der Waals surface area (Å²) in [5.74, 6) is 0. The third-order valence-electron chi connectivity index (χ3n) is 2.66. The van der Waals surface area contributed by atoms with Crippen molar-refractivity contribution < 1.29 is 8.42 Å². The number of aromatic nitrogens is 4. The van der Waals surface area contributed by atoms with E-state index < -0.39 is 10.0 Å². The Labute approximate surface area is 129 Å². The van der Waals surface area contributed by atoms with E-state index in [1.165, 1.54) is 23.1 Å². The largest absolute Gasteiger partial charge is 0.261 e. The molecular weight excluding hydrogens is 366 g/mol. The molecule has 0 aromatic carbocycles. The highest BCUT2D eigenvalue weighted by atomic mass is 79.9. The molecule has 0 amide bonds. The van der Waals surface area contributed by atoms with Gasteiger partial charge in [-0.15, -0.1) is 16.4 Å². The van der Waals surface area contributed by atoms with E-state index in [1.54, 1.807) is 6.92 Å². The summed E-state index contributed by atoms with van der Waals surface area (Å²) in [5, 5.41) is 8.27. The lowest BCUT2D eigenvalue weighted by Crippen LogP contribution is -2.28. The van der Waals surface area contributed by atoms with Gasteiger partial charge in [0, 0.05) is 11.9 Å². The van der Waals surface area contributed by atoms with Gasteiger partial charge < -0.3 is 0 Å². The zero-order chi connectivity index (χ0) is 15.1. The summed E-state index contributed by atoms with van der Waals surface area (Å²) in [4.78, 5) is 5.20. The maximum Gasteiger partial charge on any atom is 0.261 e. The number of aryl methyl sites for hydroxylation is 3. The van der Waals surface area contributed by atoms with E-state index in [4.69, 9.17) is 0 Å². The van der Waals surface area contributed by atoms with Crippen molar-refractivity contribution in [1.29, 1.82) is 0 Å². The van der Waals surface area contributed by atoms with E-state index in [9.17, 15) is 8.42 Å². The fourth-order valence-corrected chi connectivity index (χ4v) is 5.21. The average Bonchev–Trinajstić information content (AvgIpc) is 2.81. The molecule has 0 spiro atoms. The standard InChI is InChI=1S/C10H14BrN5O2S2/c1-5-8(19-7(3)12-5)6(2)14-20(17,18)10-9(11)13-15-16(10)4/h6,14H,1-4H3. The van der Waals surface area contributed by atoms with Gasteiger partial charge in [-0.2, -0.15) is 0 Å². The van der Waals surface area contributed by atoms with Crippen LogP contribution in [0.1, 0.15) is 28.5 Å². The van der Waals surface area contributed by atoms with E-state index in [2.05, 4.69) is 35.9 Å². The lowest BCUT2D eigenvalue weighted by molar-refractivity contribution is 0.548. The molecule has 110 valence electrons. The van der Waals surface area contributed by atoms with Crippen LogP contribution >= 0.6 is 27.3 Å². The van der Waals surface area contributed by atoms with E-state index in [-0.39, 0.29) is 15.7 Å². The van der Waals surface area contributed by atoms with Gasteiger partial charge >= 0.3 is 0 Å². The molecule has 10 heteroatoms. The van der Waals surface area contributed by atoms with Crippen LogP contribution in [-0.2, 0) is 17.1 Å². The third-order valence-corrected chi connectivity index (χ3v) is 6.34. The van der Waals surface area contributed by atoms with Gasteiger partial charge in [-0.1, -0.05) is 5.21 Å². The second kappa shape index (κ2) is 5.51. The maximum atomic E-state index is 12.4. The molecule has 0 aliphatic heterocycles. The predicted molar refractivity (Wildman–Crippen MR) is 79.0 cm³/mol. The summed E-state index contributed by atoms with van der Waals surface area (Å²) in [6.07, 6.45) is 0. The van der Waals surface area contributed by atoms with Crippen molar-refractivity contribution in [3.05, 3.63) is 20.2 Å². The normalized spacial score (nSPS) is 13.7. The number of nitrogens with zero attached hydrogens (tertiary/aromatic N) is 4. The monoisotopic (exact) mass is 379 g/mol. The molecule has 0 aliphatic carbocycles. The molecule has 7 nitrogen and oxygen atoms in total. The second-order valence-electron chi connectivity index (χ2n) is 4.33. The summed E-state index contributed by atoms with van der Waals surface area (Å²) < 4.78 is 28.8. The molecule has 2 aromatic heterocycles. The lowest BCUT2D eigenvalue weighted by atomic mass is 10.2. The number of halogens is 1. The second-order valence-corrected chi connectivity index (χ2v) is 7.95. The van der Waals surface area contributed by atoms with Crippen molar-refractivity contribution in [3.63, 3.8) is 0 Å². The zero-order valence-corrected chi connectivity index (χ0v) is 14.6. The van der Waals surface area contributed by atoms with Crippen LogP contribution in [0.2, 0.25) is 0 Å². The Kier molecular flexibility index (Phi) is 4.28. The Morgan fingerprint density at radius 1 is 1.40 bits per heavy atom. The minimum absolute atomic E-state index is 0.00300. The molecule has 2 aromatic rings. The first-order chi connectivity index (χ1) is 9.22. The quantitative estimate of drug-likeness (QED) is 0.872. The SMILES string of the molecule is Cc1nc(C)c(C(C)NS(=O)(=O)c2c(Br)nnn2C)s1. The maximum absolute atomic E-state index is 12.4. The van der Waals surface area contributed by atoms with Crippen molar-refractivity contribution in [2.24, 2.45) is 7.05 Å². The molecule has 2 heterocycles. The first-order valence-corrected chi connectivity index (χ1v) is 8.83. The van der Waals surface area contributed by atoms with Gasteiger partial charge in [-0.25, -0.2) is 22.8 Å². The van der Waals surface area contributed by atoms with Gasteiger partial charge in [0.25, 0.3) is 10.0 Å². The van der Waals surface area contributed by atoms with Gasteiger partial charge in [-0.3, -0.25) is 0 Å². The minimum atomic E-state index is -3.71. The van der Waals surface area contributed by atoms with Crippen LogP contribution in [-0.4, -0.2) is 28.4 Å². The molecular formula is C10H14BrN5O2S2. The Hall–Kier alpha value is -0.840. The first-order valence-electron chi connectivity index (χ1n) is 5.74. The van der Waals surface area contributed by atoms with Gasteiger partial charge in [0.15, 0.2) is 4.60 Å². The molecule has 20 heavy (non-hydrogen) atoms. The van der Waals surface area contributed by atoms with Crippen LogP contribution in [0.15, 0.2) is 9.63 Å². The van der Waals surface area contributed by atoms with E-state index in [1.807, 2.05) is 13.8 Å². The Bertz CT molecular complexity index is 717. The highest BCUT2D eigenvalue weighted by Crippen LogP contribution is 2.27. The molecule has 0 fully saturated rings. The van der Waals surface area contributed by atoms with Crippen molar-refractivity contribution in [1.82, 2.24) is 24.7 Å². The van der Waals surface area contributed by atoms with Crippen LogP contribution in [0.5, 0.6) is 0 Å². The Balaban J connectivity index is 2.32. The number of sulfonamides is 1. The van der Waals surface area contributed by atoms with Crippen molar-refractivity contribution >= 4 is 37.3 Å². The topological polar surface area (TPSA) is 89.8 Å². The van der Waals surface area contributed by atoms with Crippen molar-refractivity contribution in [3.8, 4) is 0 Å². The zero-order valence-electron chi connectivity index (χ0n) is 11.4. The minimum Gasteiger partial charge on any atom is -0.247 e. The molecule has 1 unspecified atom stereocenters.